The molecule has 4 rings (SSSR count). The van der Waals surface area contributed by atoms with Crippen molar-refractivity contribution in [2.45, 2.75) is 35.1 Å². The van der Waals surface area contributed by atoms with Gasteiger partial charge in [0.1, 0.15) is 5.75 Å². The average molecular weight is 516 g/mol. The largest absolute Gasteiger partial charge is 0.482 e. The number of ether oxygens (including phenoxy) is 1. The Morgan fingerprint density at radius 1 is 0.971 bits per heavy atom. The highest BCUT2D eigenvalue weighted by Crippen LogP contribution is 2.36. The molecule has 0 fully saturated rings. The van der Waals surface area contributed by atoms with E-state index in [-0.39, 0.29) is 9.79 Å². The van der Waals surface area contributed by atoms with Gasteiger partial charge >= 0.3 is 5.97 Å². The highest BCUT2D eigenvalue weighted by molar-refractivity contribution is 7.90. The van der Waals surface area contributed by atoms with Gasteiger partial charge in [0.2, 0.25) is 10.0 Å². The number of nitrogens with one attached hydrogen (secondary N) is 1. The highest BCUT2D eigenvalue weighted by Gasteiger charge is 2.27. The van der Waals surface area contributed by atoms with Crippen molar-refractivity contribution in [2.24, 2.45) is 0 Å². The fraction of sp³-hybridized carbons (Fsp3) is 0.240. The van der Waals surface area contributed by atoms with E-state index >= 15 is 0 Å². The summed E-state index contributed by atoms with van der Waals surface area (Å²) < 4.78 is 58.1. The van der Waals surface area contributed by atoms with Gasteiger partial charge in [-0.1, -0.05) is 36.4 Å². The molecule has 0 saturated carbocycles. The van der Waals surface area contributed by atoms with Gasteiger partial charge < -0.3 is 9.84 Å². The van der Waals surface area contributed by atoms with Crippen LogP contribution < -0.4 is 9.46 Å². The molecule has 0 saturated heterocycles. The van der Waals surface area contributed by atoms with Gasteiger partial charge in [-0.15, -0.1) is 0 Å². The number of carboxylic acids is 1. The Bertz CT molecular complexity index is 1460. The molecule has 2 N–H and O–H groups in total. The van der Waals surface area contributed by atoms with Crippen LogP contribution in [-0.2, 0) is 31.1 Å². The molecule has 10 heteroatoms. The molecule has 0 bridgehead atoms. The lowest BCUT2D eigenvalue weighted by molar-refractivity contribution is -0.139. The van der Waals surface area contributed by atoms with Gasteiger partial charge in [-0.25, -0.2) is 26.4 Å². The zero-order valence-electron chi connectivity index (χ0n) is 19.0. The van der Waals surface area contributed by atoms with Gasteiger partial charge in [0.15, 0.2) is 16.4 Å². The summed E-state index contributed by atoms with van der Waals surface area (Å²) in [5.74, 6) is -0.628. The van der Waals surface area contributed by atoms with E-state index in [0.717, 1.165) is 23.8 Å². The topological polar surface area (TPSA) is 127 Å². The fourth-order valence-electron chi connectivity index (χ4n) is 4.20. The van der Waals surface area contributed by atoms with Crippen LogP contribution in [0, 0.1) is 0 Å². The second-order valence-electron chi connectivity index (χ2n) is 8.40. The lowest BCUT2D eigenvalue weighted by Crippen LogP contribution is -2.31. The van der Waals surface area contributed by atoms with Crippen LogP contribution in [0.4, 0.5) is 0 Å². The average Bonchev–Trinajstić information content (AvgIpc) is 2.82. The predicted octanol–water partition coefficient (Wildman–Crippen LogP) is 3.58. The van der Waals surface area contributed by atoms with Crippen LogP contribution in [0.2, 0.25) is 0 Å². The number of benzene rings is 3. The first-order valence-electron chi connectivity index (χ1n) is 10.9. The van der Waals surface area contributed by atoms with Crippen molar-refractivity contribution >= 4 is 25.8 Å². The lowest BCUT2D eigenvalue weighted by Gasteiger charge is -2.27. The number of carbonyl (C=O) groups is 1. The van der Waals surface area contributed by atoms with E-state index in [4.69, 9.17) is 9.84 Å². The third-order valence-corrected chi connectivity index (χ3v) is 8.47. The number of carboxylic acid groups (broad SMARTS) is 1. The van der Waals surface area contributed by atoms with Gasteiger partial charge in [0, 0.05) is 12.3 Å². The fourth-order valence-corrected chi connectivity index (χ4v) is 6.12. The van der Waals surface area contributed by atoms with E-state index < -0.39 is 38.5 Å². The molecule has 3 aromatic rings. The number of fused-ring (bicyclic) bond motifs is 1. The number of sulfone groups is 1. The van der Waals surface area contributed by atoms with Crippen molar-refractivity contribution in [2.75, 3.05) is 12.9 Å². The molecule has 0 aromatic heterocycles. The third-order valence-electron chi connectivity index (χ3n) is 5.87. The predicted molar refractivity (Wildman–Crippen MR) is 131 cm³/mol. The molecule has 35 heavy (non-hydrogen) atoms. The molecule has 0 aliphatic heterocycles. The number of aliphatic carboxylic acids is 1. The van der Waals surface area contributed by atoms with Gasteiger partial charge in [0.25, 0.3) is 0 Å². The Morgan fingerprint density at radius 2 is 1.69 bits per heavy atom. The summed E-state index contributed by atoms with van der Waals surface area (Å²) >= 11 is 0. The number of rotatable bonds is 8. The standard InChI is InChI=1S/C25H25NO7S2/c1-34(29,30)20-6-2-5-18(15-20)17-11-13-19(14-12-17)35(31,32)26-23-9-3-8-22-21(23)7-4-10-24(22)33-16-25(27)28/h2,4-7,10-15,23,26H,3,8-9,16H2,1H3,(H,27,28). The van der Waals surface area contributed by atoms with Gasteiger partial charge in [-0.2, -0.15) is 0 Å². The van der Waals surface area contributed by atoms with E-state index in [9.17, 15) is 21.6 Å². The number of sulfonamides is 1. The summed E-state index contributed by atoms with van der Waals surface area (Å²) in [6.07, 6.45) is 3.14. The zero-order valence-corrected chi connectivity index (χ0v) is 20.6. The molecular formula is C25H25NO7S2. The van der Waals surface area contributed by atoms with Crippen molar-refractivity contribution in [3.63, 3.8) is 0 Å². The molecular weight excluding hydrogens is 490 g/mol. The van der Waals surface area contributed by atoms with Crippen molar-refractivity contribution < 1.29 is 31.5 Å². The maximum absolute atomic E-state index is 13.1. The van der Waals surface area contributed by atoms with Crippen LogP contribution in [0.5, 0.6) is 5.75 Å². The number of hydrogen-bond donors (Lipinski definition) is 2. The van der Waals surface area contributed by atoms with Crippen LogP contribution in [0.25, 0.3) is 11.1 Å². The van der Waals surface area contributed by atoms with Crippen molar-refractivity contribution in [1.29, 1.82) is 0 Å². The smallest absolute Gasteiger partial charge is 0.341 e. The molecule has 0 radical (unpaired) electrons. The van der Waals surface area contributed by atoms with Crippen LogP contribution in [0.3, 0.4) is 0 Å². The Labute approximate surface area is 204 Å². The molecule has 1 aliphatic carbocycles. The molecule has 1 unspecified atom stereocenters. The van der Waals surface area contributed by atoms with E-state index in [2.05, 4.69) is 4.72 Å². The minimum atomic E-state index is -3.85. The Hall–Kier alpha value is -3.21. The van der Waals surface area contributed by atoms with E-state index in [1.165, 1.54) is 18.2 Å². The summed E-state index contributed by atoms with van der Waals surface area (Å²) in [5.41, 5.74) is 2.95. The first-order chi connectivity index (χ1) is 16.5. The van der Waals surface area contributed by atoms with Gasteiger partial charge in [-0.3, -0.25) is 0 Å². The van der Waals surface area contributed by atoms with E-state index in [1.807, 2.05) is 6.07 Å². The van der Waals surface area contributed by atoms with Crippen LogP contribution in [0.1, 0.15) is 30.0 Å². The van der Waals surface area contributed by atoms with Gasteiger partial charge in [0.05, 0.1) is 9.79 Å². The first-order valence-corrected chi connectivity index (χ1v) is 14.3. The quantitative estimate of drug-likeness (QED) is 0.469. The maximum Gasteiger partial charge on any atom is 0.341 e. The summed E-state index contributed by atoms with van der Waals surface area (Å²) in [5, 5.41) is 8.91. The van der Waals surface area contributed by atoms with Crippen LogP contribution in [-0.4, -0.2) is 40.8 Å². The normalized spacial score (nSPS) is 15.9. The van der Waals surface area contributed by atoms with Crippen molar-refractivity contribution in [3.05, 3.63) is 77.9 Å². The second-order valence-corrected chi connectivity index (χ2v) is 12.1. The summed E-state index contributed by atoms with van der Waals surface area (Å²) in [6, 6.07) is 17.5. The molecule has 0 amide bonds. The van der Waals surface area contributed by atoms with E-state index in [0.29, 0.717) is 29.7 Å². The van der Waals surface area contributed by atoms with Crippen molar-refractivity contribution in [1.82, 2.24) is 4.72 Å². The lowest BCUT2D eigenvalue weighted by atomic mass is 9.87. The van der Waals surface area contributed by atoms with Gasteiger partial charge in [-0.05, 0) is 71.8 Å². The SMILES string of the molecule is CS(=O)(=O)c1cccc(-c2ccc(S(=O)(=O)NC3CCCc4c(OCC(=O)O)cccc43)cc2)c1. The molecule has 1 aliphatic rings. The minimum absolute atomic E-state index is 0.0888. The maximum atomic E-state index is 13.1. The highest BCUT2D eigenvalue weighted by atomic mass is 32.2. The zero-order chi connectivity index (χ0) is 25.2. The Morgan fingerprint density at radius 3 is 2.37 bits per heavy atom. The number of hydrogen-bond acceptors (Lipinski definition) is 6. The molecule has 0 heterocycles. The summed E-state index contributed by atoms with van der Waals surface area (Å²) in [4.78, 5) is 11.2. The molecule has 1 atom stereocenters. The first kappa shape index (κ1) is 24.9. The van der Waals surface area contributed by atoms with Crippen LogP contribution in [0.15, 0.2) is 76.5 Å². The monoisotopic (exact) mass is 515 g/mol. The molecule has 0 spiro atoms. The third kappa shape index (κ3) is 5.72. The Balaban J connectivity index is 1.56. The van der Waals surface area contributed by atoms with E-state index in [1.54, 1.807) is 42.5 Å². The second kappa shape index (κ2) is 9.80. The van der Waals surface area contributed by atoms with Crippen molar-refractivity contribution in [3.8, 4) is 16.9 Å². The van der Waals surface area contributed by atoms with Crippen LogP contribution >= 0.6 is 0 Å². The minimum Gasteiger partial charge on any atom is -0.482 e. The molecule has 8 nitrogen and oxygen atoms in total. The summed E-state index contributed by atoms with van der Waals surface area (Å²) in [7, 11) is -7.21. The Kier molecular flexibility index (Phi) is 6.98. The molecule has 184 valence electrons. The molecule has 3 aromatic carbocycles. The summed E-state index contributed by atoms with van der Waals surface area (Å²) in [6.45, 7) is -0.466.